The molecule has 28 heavy (non-hydrogen) atoms. The van der Waals surface area contributed by atoms with Crippen LogP contribution in [0.5, 0.6) is 0 Å². The van der Waals surface area contributed by atoms with Crippen LogP contribution in [0.15, 0.2) is 77.3 Å². The third-order valence-corrected chi connectivity index (χ3v) is 5.15. The molecule has 1 heterocycles. The number of anilines is 1. The van der Waals surface area contributed by atoms with Gasteiger partial charge in [0, 0.05) is 21.3 Å². The van der Waals surface area contributed by atoms with Crippen LogP contribution in [0.3, 0.4) is 0 Å². The largest absolute Gasteiger partial charge is 0.324 e. The minimum atomic E-state index is -0.600. The number of fused-ring (bicyclic) bond motifs is 1. The van der Waals surface area contributed by atoms with Gasteiger partial charge in [-0.3, -0.25) is 9.59 Å². The van der Waals surface area contributed by atoms with Crippen molar-refractivity contribution in [1.82, 2.24) is 4.90 Å². The lowest BCUT2D eigenvalue weighted by Gasteiger charge is -2.30. The van der Waals surface area contributed by atoms with Crippen molar-refractivity contribution in [2.45, 2.75) is 6.04 Å². The smallest absolute Gasteiger partial charge is 0.255 e. The highest BCUT2D eigenvalue weighted by molar-refractivity contribution is 9.10. The summed E-state index contributed by atoms with van der Waals surface area (Å²) in [6, 6.07) is 19.9. The average Bonchev–Trinajstić information content (AvgIpc) is 2.83. The second-order valence-electron chi connectivity index (χ2n) is 6.54. The second-order valence-corrected chi connectivity index (χ2v) is 7.45. The number of nitrogens with one attached hydrogen (secondary N) is 1. The Morgan fingerprint density at radius 3 is 2.57 bits per heavy atom. The third kappa shape index (κ3) is 3.55. The van der Waals surface area contributed by atoms with Gasteiger partial charge in [-0.1, -0.05) is 52.3 Å². The molecule has 4 rings (SSSR count). The maximum atomic E-state index is 14.1. The van der Waals surface area contributed by atoms with Crippen molar-refractivity contribution in [3.8, 4) is 0 Å². The Hall–Kier alpha value is -2.99. The number of carbonyl (C=O) groups excluding carboxylic acids is 2. The number of hydrogen-bond acceptors (Lipinski definition) is 2. The van der Waals surface area contributed by atoms with Crippen LogP contribution in [0.2, 0.25) is 0 Å². The van der Waals surface area contributed by atoms with Crippen LogP contribution in [0.1, 0.15) is 27.5 Å². The van der Waals surface area contributed by atoms with E-state index in [1.807, 2.05) is 36.4 Å². The van der Waals surface area contributed by atoms with Crippen molar-refractivity contribution in [2.24, 2.45) is 0 Å². The predicted octanol–water partition coefficient (Wildman–Crippen LogP) is 4.77. The Kier molecular flexibility index (Phi) is 4.96. The van der Waals surface area contributed by atoms with Crippen LogP contribution >= 0.6 is 15.9 Å². The van der Waals surface area contributed by atoms with Crippen molar-refractivity contribution >= 4 is 33.4 Å². The van der Waals surface area contributed by atoms with Crippen molar-refractivity contribution < 1.29 is 14.0 Å². The molecule has 3 aromatic rings. The molecule has 0 bridgehead atoms. The normalized spacial score (nSPS) is 16.1. The first-order valence-electron chi connectivity index (χ1n) is 8.74. The molecule has 0 aliphatic carbocycles. The number of carbonyl (C=O) groups is 2. The van der Waals surface area contributed by atoms with Crippen molar-refractivity contribution in [3.63, 3.8) is 0 Å². The summed E-state index contributed by atoms with van der Waals surface area (Å²) in [6.45, 7) is -0.138. The molecule has 6 heteroatoms. The molecular formula is C22H16BrFN2O2. The van der Waals surface area contributed by atoms with E-state index in [0.717, 1.165) is 10.0 Å². The molecule has 3 aromatic carbocycles. The average molecular weight is 439 g/mol. The number of amides is 2. The Morgan fingerprint density at radius 2 is 1.82 bits per heavy atom. The molecule has 1 aliphatic heterocycles. The Balaban J connectivity index is 1.89. The van der Waals surface area contributed by atoms with Crippen LogP contribution in [0.25, 0.3) is 0 Å². The first kappa shape index (κ1) is 18.4. The molecule has 4 nitrogen and oxygen atoms in total. The number of rotatable bonds is 2. The molecule has 2 amide bonds. The van der Waals surface area contributed by atoms with Crippen molar-refractivity contribution in [1.29, 1.82) is 0 Å². The minimum absolute atomic E-state index is 0.138. The molecule has 140 valence electrons. The highest BCUT2D eigenvalue weighted by Crippen LogP contribution is 2.37. The highest BCUT2D eigenvalue weighted by atomic mass is 79.9. The van der Waals surface area contributed by atoms with Gasteiger partial charge in [0.1, 0.15) is 12.4 Å². The number of nitrogens with zero attached hydrogens (tertiary/aromatic N) is 1. The summed E-state index contributed by atoms with van der Waals surface area (Å²) in [5, 5.41) is 2.79. The molecule has 0 spiro atoms. The SMILES string of the molecule is O=C1CN(C(=O)c2cccc(Br)c2)C(c2ccccc2)c2cc(F)ccc2N1. The quantitative estimate of drug-likeness (QED) is 0.626. The molecule has 0 radical (unpaired) electrons. The number of halogens is 2. The van der Waals surface area contributed by atoms with E-state index < -0.39 is 11.9 Å². The van der Waals surface area contributed by atoms with Crippen LogP contribution in [-0.4, -0.2) is 23.3 Å². The first-order valence-corrected chi connectivity index (χ1v) is 9.53. The zero-order valence-electron chi connectivity index (χ0n) is 14.7. The molecule has 0 saturated carbocycles. The lowest BCUT2D eigenvalue weighted by Crippen LogP contribution is -2.39. The van der Waals surface area contributed by atoms with E-state index in [9.17, 15) is 14.0 Å². The zero-order chi connectivity index (χ0) is 19.7. The van der Waals surface area contributed by atoms with Gasteiger partial charge < -0.3 is 10.2 Å². The van der Waals surface area contributed by atoms with Gasteiger partial charge in [0.05, 0.1) is 6.04 Å². The second kappa shape index (κ2) is 7.56. The van der Waals surface area contributed by atoms with E-state index in [2.05, 4.69) is 21.2 Å². The molecule has 0 fully saturated rings. The monoisotopic (exact) mass is 438 g/mol. The van der Waals surface area contributed by atoms with E-state index in [1.54, 1.807) is 18.2 Å². The van der Waals surface area contributed by atoms with Gasteiger partial charge in [-0.15, -0.1) is 0 Å². The van der Waals surface area contributed by atoms with Gasteiger partial charge in [0.2, 0.25) is 5.91 Å². The van der Waals surface area contributed by atoms with Gasteiger partial charge in [-0.25, -0.2) is 4.39 Å². The maximum absolute atomic E-state index is 14.1. The van der Waals surface area contributed by atoms with E-state index in [1.165, 1.54) is 23.1 Å². The predicted molar refractivity (Wildman–Crippen MR) is 108 cm³/mol. The van der Waals surface area contributed by atoms with Gasteiger partial charge >= 0.3 is 0 Å². The molecule has 1 unspecified atom stereocenters. The van der Waals surface area contributed by atoms with Crippen LogP contribution in [-0.2, 0) is 4.79 Å². The summed E-state index contributed by atoms with van der Waals surface area (Å²) in [5.41, 5.74) is 2.29. The Labute approximate surface area is 170 Å². The van der Waals surface area contributed by atoms with Crippen molar-refractivity contribution in [3.05, 3.63) is 99.8 Å². The fraction of sp³-hybridized carbons (Fsp3) is 0.0909. The van der Waals surface area contributed by atoms with Crippen LogP contribution in [0, 0.1) is 5.82 Å². The Morgan fingerprint density at radius 1 is 1.04 bits per heavy atom. The topological polar surface area (TPSA) is 49.4 Å². The number of benzene rings is 3. The first-order chi connectivity index (χ1) is 13.5. The van der Waals surface area contributed by atoms with Gasteiger partial charge in [0.15, 0.2) is 0 Å². The van der Waals surface area contributed by atoms with E-state index in [-0.39, 0.29) is 18.4 Å². The van der Waals surface area contributed by atoms with Gasteiger partial charge in [-0.05, 0) is 42.0 Å². The lowest BCUT2D eigenvalue weighted by molar-refractivity contribution is -0.117. The summed E-state index contributed by atoms with van der Waals surface area (Å²) in [6.07, 6.45) is 0. The minimum Gasteiger partial charge on any atom is -0.324 e. The summed E-state index contributed by atoms with van der Waals surface area (Å²) < 4.78 is 14.9. The molecule has 0 saturated heterocycles. The number of hydrogen-bond donors (Lipinski definition) is 1. The van der Waals surface area contributed by atoms with E-state index in [4.69, 9.17) is 0 Å². The fourth-order valence-electron chi connectivity index (χ4n) is 3.45. The fourth-order valence-corrected chi connectivity index (χ4v) is 3.85. The molecule has 1 aliphatic rings. The summed E-state index contributed by atoms with van der Waals surface area (Å²) in [5.74, 6) is -1.05. The van der Waals surface area contributed by atoms with Gasteiger partial charge in [-0.2, -0.15) is 0 Å². The van der Waals surface area contributed by atoms with Crippen LogP contribution in [0.4, 0.5) is 10.1 Å². The summed E-state index contributed by atoms with van der Waals surface area (Å²) in [4.78, 5) is 27.4. The van der Waals surface area contributed by atoms with E-state index >= 15 is 0 Å². The maximum Gasteiger partial charge on any atom is 0.255 e. The molecule has 1 N–H and O–H groups in total. The highest BCUT2D eigenvalue weighted by Gasteiger charge is 2.34. The lowest BCUT2D eigenvalue weighted by atomic mass is 9.95. The van der Waals surface area contributed by atoms with Crippen LogP contribution < -0.4 is 5.32 Å². The molecule has 0 aromatic heterocycles. The standard InChI is InChI=1S/C22H16BrFN2O2/c23-16-8-4-7-15(11-16)22(28)26-13-20(27)25-19-10-9-17(24)12-18(19)21(26)14-5-2-1-3-6-14/h1-12,21H,13H2,(H,25,27). The summed E-state index contributed by atoms with van der Waals surface area (Å²) >= 11 is 3.38. The molecular weight excluding hydrogens is 423 g/mol. The van der Waals surface area contributed by atoms with Crippen molar-refractivity contribution in [2.75, 3.05) is 11.9 Å². The molecule has 1 atom stereocenters. The van der Waals surface area contributed by atoms with E-state index in [0.29, 0.717) is 16.8 Å². The Bertz CT molecular complexity index is 1060. The zero-order valence-corrected chi connectivity index (χ0v) is 16.3. The third-order valence-electron chi connectivity index (χ3n) is 4.66. The van der Waals surface area contributed by atoms with Gasteiger partial charge in [0.25, 0.3) is 5.91 Å². The summed E-state index contributed by atoms with van der Waals surface area (Å²) in [7, 11) is 0.